The van der Waals surface area contributed by atoms with Gasteiger partial charge in [-0.1, -0.05) is 44.0 Å². The second-order valence-electron chi connectivity index (χ2n) is 3.52. The van der Waals surface area contributed by atoms with Gasteiger partial charge in [-0.2, -0.15) is 0 Å². The van der Waals surface area contributed by atoms with E-state index in [0.717, 1.165) is 0 Å². The van der Waals surface area contributed by atoms with Gasteiger partial charge in [-0.05, 0) is 26.0 Å². The maximum atomic E-state index is 11.5. The first-order valence-electron chi connectivity index (χ1n) is 5.22. The van der Waals surface area contributed by atoms with E-state index >= 15 is 0 Å². The topological polar surface area (TPSA) is 52.6 Å². The number of benzene rings is 1. The molecule has 18 heavy (non-hydrogen) atoms. The molecule has 6 heteroatoms. The van der Waals surface area contributed by atoms with Crippen molar-refractivity contribution in [2.75, 3.05) is 0 Å². The zero-order valence-corrected chi connectivity index (χ0v) is 13.0. The van der Waals surface area contributed by atoms with Gasteiger partial charge in [0.2, 0.25) is 0 Å². The molecule has 0 heterocycles. The van der Waals surface area contributed by atoms with E-state index in [1.807, 2.05) is 0 Å². The SMILES string of the molecule is CC(Br)C(=O)Oc1ccccc1OC(=O)C(C)Br. The van der Waals surface area contributed by atoms with Crippen molar-refractivity contribution in [2.45, 2.75) is 23.5 Å². The average Bonchev–Trinajstić information content (AvgIpc) is 2.31. The summed E-state index contributed by atoms with van der Waals surface area (Å²) in [7, 11) is 0. The first-order chi connectivity index (χ1) is 8.41. The third kappa shape index (κ3) is 4.42. The second kappa shape index (κ2) is 6.89. The highest BCUT2D eigenvalue weighted by molar-refractivity contribution is 9.10. The Morgan fingerprint density at radius 1 is 0.944 bits per heavy atom. The van der Waals surface area contributed by atoms with Crippen LogP contribution in [0.1, 0.15) is 13.8 Å². The summed E-state index contributed by atoms with van der Waals surface area (Å²) in [5.74, 6) is -0.471. The van der Waals surface area contributed by atoms with Crippen molar-refractivity contribution in [3.05, 3.63) is 24.3 Å². The lowest BCUT2D eigenvalue weighted by Gasteiger charge is -2.11. The van der Waals surface area contributed by atoms with Crippen molar-refractivity contribution >= 4 is 43.8 Å². The van der Waals surface area contributed by atoms with Crippen LogP contribution in [0.3, 0.4) is 0 Å². The molecule has 0 amide bonds. The molecule has 0 radical (unpaired) electrons. The molecule has 0 spiro atoms. The van der Waals surface area contributed by atoms with Crippen LogP contribution < -0.4 is 9.47 Å². The fourth-order valence-corrected chi connectivity index (χ4v) is 1.18. The van der Waals surface area contributed by atoms with Gasteiger partial charge in [-0.15, -0.1) is 0 Å². The van der Waals surface area contributed by atoms with E-state index in [9.17, 15) is 9.59 Å². The number of carbonyl (C=O) groups is 2. The molecule has 0 bridgehead atoms. The molecule has 0 aliphatic rings. The number of alkyl halides is 2. The van der Waals surface area contributed by atoms with Crippen LogP contribution in [0.5, 0.6) is 11.5 Å². The molecule has 0 fully saturated rings. The van der Waals surface area contributed by atoms with E-state index in [2.05, 4.69) is 31.9 Å². The van der Waals surface area contributed by atoms with Gasteiger partial charge in [0.25, 0.3) is 0 Å². The molecule has 0 aliphatic heterocycles. The first kappa shape index (κ1) is 15.2. The van der Waals surface area contributed by atoms with Gasteiger partial charge in [0, 0.05) is 0 Å². The highest BCUT2D eigenvalue weighted by Gasteiger charge is 2.17. The van der Waals surface area contributed by atoms with Gasteiger partial charge < -0.3 is 9.47 Å². The number of rotatable bonds is 4. The van der Waals surface area contributed by atoms with E-state index in [1.165, 1.54) is 0 Å². The van der Waals surface area contributed by atoms with E-state index in [0.29, 0.717) is 0 Å². The third-order valence-corrected chi connectivity index (χ3v) is 2.67. The number of halogens is 2. The lowest BCUT2D eigenvalue weighted by Crippen LogP contribution is -2.20. The fourth-order valence-electron chi connectivity index (χ4n) is 0.998. The predicted molar refractivity (Wildman–Crippen MR) is 74.5 cm³/mol. The molecule has 4 nitrogen and oxygen atoms in total. The summed E-state index contributed by atoms with van der Waals surface area (Å²) in [6.45, 7) is 3.30. The Morgan fingerprint density at radius 2 is 1.28 bits per heavy atom. The summed E-state index contributed by atoms with van der Waals surface area (Å²) in [6, 6.07) is 6.51. The summed E-state index contributed by atoms with van der Waals surface area (Å²) in [5, 5.41) is 0. The summed E-state index contributed by atoms with van der Waals surface area (Å²) < 4.78 is 10.2. The third-order valence-electron chi connectivity index (χ3n) is 1.92. The van der Waals surface area contributed by atoms with E-state index < -0.39 is 21.6 Å². The quantitative estimate of drug-likeness (QED) is 0.458. The number of para-hydroxylation sites is 2. The summed E-state index contributed by atoms with van der Waals surface area (Å²) in [4.78, 5) is 22.1. The van der Waals surface area contributed by atoms with Crippen molar-refractivity contribution in [1.82, 2.24) is 0 Å². The van der Waals surface area contributed by atoms with Gasteiger partial charge in [0.15, 0.2) is 11.5 Å². The van der Waals surface area contributed by atoms with Crippen molar-refractivity contribution in [3.63, 3.8) is 0 Å². The lowest BCUT2D eigenvalue weighted by atomic mass is 10.3. The zero-order chi connectivity index (χ0) is 13.7. The van der Waals surface area contributed by atoms with Crippen LogP contribution in [0.25, 0.3) is 0 Å². The van der Waals surface area contributed by atoms with Gasteiger partial charge >= 0.3 is 11.9 Å². The van der Waals surface area contributed by atoms with Crippen molar-refractivity contribution in [2.24, 2.45) is 0 Å². The minimum atomic E-state index is -0.453. The molecule has 2 unspecified atom stereocenters. The number of esters is 2. The Labute approximate surface area is 122 Å². The van der Waals surface area contributed by atoms with Crippen molar-refractivity contribution in [3.8, 4) is 11.5 Å². The van der Waals surface area contributed by atoms with Crippen LogP contribution in [0.15, 0.2) is 24.3 Å². The van der Waals surface area contributed by atoms with Gasteiger partial charge in [0.1, 0.15) is 9.65 Å². The Bertz CT molecular complexity index is 402. The molecule has 0 aliphatic carbocycles. The van der Waals surface area contributed by atoms with E-state index in [4.69, 9.17) is 9.47 Å². The number of hydrogen-bond acceptors (Lipinski definition) is 4. The van der Waals surface area contributed by atoms with Crippen LogP contribution >= 0.6 is 31.9 Å². The molecular weight excluding hydrogens is 368 g/mol. The second-order valence-corrected chi connectivity index (χ2v) is 6.27. The molecule has 0 saturated carbocycles. The molecule has 0 aromatic heterocycles. The first-order valence-corrected chi connectivity index (χ1v) is 7.05. The van der Waals surface area contributed by atoms with Gasteiger partial charge in [0.05, 0.1) is 0 Å². The molecule has 2 atom stereocenters. The average molecular weight is 380 g/mol. The Morgan fingerprint density at radius 3 is 1.56 bits per heavy atom. The molecule has 1 aromatic carbocycles. The largest absolute Gasteiger partial charge is 0.422 e. The zero-order valence-electron chi connectivity index (χ0n) is 9.85. The number of carbonyl (C=O) groups excluding carboxylic acids is 2. The molecule has 1 rings (SSSR count). The molecule has 0 saturated heterocycles. The van der Waals surface area contributed by atoms with Gasteiger partial charge in [-0.3, -0.25) is 9.59 Å². The van der Waals surface area contributed by atoms with Crippen molar-refractivity contribution < 1.29 is 19.1 Å². The van der Waals surface area contributed by atoms with Gasteiger partial charge in [-0.25, -0.2) is 0 Å². The maximum Gasteiger partial charge on any atom is 0.324 e. The van der Waals surface area contributed by atoms with E-state index in [1.54, 1.807) is 38.1 Å². The van der Waals surface area contributed by atoms with Crippen LogP contribution in [-0.4, -0.2) is 21.6 Å². The summed E-state index contributed by atoms with van der Waals surface area (Å²) in [6.07, 6.45) is 0. The van der Waals surface area contributed by atoms with Crippen LogP contribution in [0.4, 0.5) is 0 Å². The minimum Gasteiger partial charge on any atom is -0.422 e. The number of hydrogen-bond donors (Lipinski definition) is 0. The minimum absolute atomic E-state index is 0.218. The maximum absolute atomic E-state index is 11.5. The molecule has 1 aromatic rings. The Kier molecular flexibility index (Phi) is 5.81. The monoisotopic (exact) mass is 378 g/mol. The molecule has 0 N–H and O–H groups in total. The highest BCUT2D eigenvalue weighted by atomic mass is 79.9. The predicted octanol–water partition coefficient (Wildman–Crippen LogP) is 3.06. The Balaban J connectivity index is 2.86. The lowest BCUT2D eigenvalue weighted by molar-refractivity contribution is -0.136. The highest BCUT2D eigenvalue weighted by Crippen LogP contribution is 2.28. The van der Waals surface area contributed by atoms with Crippen molar-refractivity contribution in [1.29, 1.82) is 0 Å². The van der Waals surface area contributed by atoms with Crippen LogP contribution in [0.2, 0.25) is 0 Å². The summed E-state index contributed by atoms with van der Waals surface area (Å²) >= 11 is 6.21. The molecule has 98 valence electrons. The summed E-state index contributed by atoms with van der Waals surface area (Å²) in [5.41, 5.74) is 0. The van der Waals surface area contributed by atoms with Crippen LogP contribution in [0, 0.1) is 0 Å². The number of ether oxygens (including phenoxy) is 2. The Hall–Kier alpha value is -0.880. The smallest absolute Gasteiger partial charge is 0.324 e. The normalized spacial score (nSPS) is 13.6. The van der Waals surface area contributed by atoms with Crippen LogP contribution in [-0.2, 0) is 9.59 Å². The standard InChI is InChI=1S/C12H12Br2O4/c1-7(13)11(15)17-9-5-3-4-6-10(9)18-12(16)8(2)14/h3-8H,1-2H3. The fraction of sp³-hybridized carbons (Fsp3) is 0.333. The molecular formula is C12H12Br2O4. The van der Waals surface area contributed by atoms with E-state index in [-0.39, 0.29) is 11.5 Å².